The van der Waals surface area contributed by atoms with Crippen molar-refractivity contribution in [1.82, 2.24) is 10.2 Å². The van der Waals surface area contributed by atoms with Gasteiger partial charge in [0.1, 0.15) is 5.75 Å². The number of amides is 3. The van der Waals surface area contributed by atoms with Crippen LogP contribution in [0.2, 0.25) is 0 Å². The van der Waals surface area contributed by atoms with Gasteiger partial charge in [0.2, 0.25) is 5.91 Å². The lowest BCUT2D eigenvalue weighted by Crippen LogP contribution is -2.46. The first kappa shape index (κ1) is 19.7. The standard InChI is InChI=1S/C18H25N3O5/c1-3-26-17(23)13-5-4-10-21(11-13)12-16(22)20-18(24)19-14-6-8-15(25-2)9-7-14/h6-9,13H,3-5,10-12H2,1-2H3,(H2,19,20,22,24)/t13-/m1/s1. The number of nitrogens with one attached hydrogen (secondary N) is 2. The zero-order chi connectivity index (χ0) is 18.9. The Kier molecular flexibility index (Phi) is 7.40. The summed E-state index contributed by atoms with van der Waals surface area (Å²) < 4.78 is 10.1. The number of rotatable bonds is 6. The Morgan fingerprint density at radius 3 is 2.62 bits per heavy atom. The number of likely N-dealkylation sites (tertiary alicyclic amines) is 1. The Hall–Kier alpha value is -2.61. The molecule has 26 heavy (non-hydrogen) atoms. The number of hydrogen-bond donors (Lipinski definition) is 2. The van der Waals surface area contributed by atoms with E-state index in [4.69, 9.17) is 9.47 Å². The number of carbonyl (C=O) groups excluding carboxylic acids is 3. The third-order valence-electron chi connectivity index (χ3n) is 4.09. The van der Waals surface area contributed by atoms with Crippen LogP contribution in [0, 0.1) is 5.92 Å². The zero-order valence-corrected chi connectivity index (χ0v) is 15.1. The molecule has 0 radical (unpaired) electrons. The number of piperidine rings is 1. The molecule has 2 rings (SSSR count). The molecule has 3 amide bonds. The Morgan fingerprint density at radius 1 is 1.23 bits per heavy atom. The maximum Gasteiger partial charge on any atom is 0.325 e. The van der Waals surface area contributed by atoms with E-state index in [9.17, 15) is 14.4 Å². The second kappa shape index (κ2) is 9.76. The minimum absolute atomic E-state index is 0.0614. The van der Waals surface area contributed by atoms with Gasteiger partial charge in [-0.15, -0.1) is 0 Å². The molecule has 1 aromatic carbocycles. The van der Waals surface area contributed by atoms with Crippen LogP contribution < -0.4 is 15.4 Å². The lowest BCUT2D eigenvalue weighted by Gasteiger charge is -2.30. The first-order chi connectivity index (χ1) is 12.5. The summed E-state index contributed by atoms with van der Waals surface area (Å²) in [4.78, 5) is 37.7. The van der Waals surface area contributed by atoms with E-state index < -0.39 is 11.9 Å². The summed E-state index contributed by atoms with van der Waals surface area (Å²) >= 11 is 0. The average molecular weight is 363 g/mol. The summed E-state index contributed by atoms with van der Waals surface area (Å²) in [5, 5.41) is 4.88. The summed E-state index contributed by atoms with van der Waals surface area (Å²) in [6.07, 6.45) is 1.57. The molecule has 8 heteroatoms. The number of benzene rings is 1. The van der Waals surface area contributed by atoms with Gasteiger partial charge in [0.15, 0.2) is 0 Å². The Bertz CT molecular complexity index is 632. The van der Waals surface area contributed by atoms with E-state index in [0.717, 1.165) is 12.8 Å². The number of hydrogen-bond acceptors (Lipinski definition) is 6. The van der Waals surface area contributed by atoms with Gasteiger partial charge in [0.25, 0.3) is 0 Å². The molecule has 1 fully saturated rings. The third kappa shape index (κ3) is 6.03. The fourth-order valence-electron chi connectivity index (χ4n) is 2.86. The van der Waals surface area contributed by atoms with Crippen molar-refractivity contribution in [2.45, 2.75) is 19.8 Å². The normalized spacial score (nSPS) is 17.2. The molecular formula is C18H25N3O5. The predicted molar refractivity (Wildman–Crippen MR) is 96.0 cm³/mol. The highest BCUT2D eigenvalue weighted by Crippen LogP contribution is 2.18. The van der Waals surface area contributed by atoms with Crippen LogP contribution in [0.4, 0.5) is 10.5 Å². The zero-order valence-electron chi connectivity index (χ0n) is 15.1. The van der Waals surface area contributed by atoms with Crippen molar-refractivity contribution >= 4 is 23.6 Å². The van der Waals surface area contributed by atoms with Gasteiger partial charge in [-0.05, 0) is 50.6 Å². The largest absolute Gasteiger partial charge is 0.497 e. The van der Waals surface area contributed by atoms with Crippen LogP contribution in [0.1, 0.15) is 19.8 Å². The van der Waals surface area contributed by atoms with Gasteiger partial charge in [-0.2, -0.15) is 0 Å². The number of urea groups is 1. The summed E-state index contributed by atoms with van der Waals surface area (Å²) in [5.41, 5.74) is 0.552. The van der Waals surface area contributed by atoms with Crippen molar-refractivity contribution in [2.24, 2.45) is 5.92 Å². The van der Waals surface area contributed by atoms with E-state index in [-0.39, 0.29) is 18.4 Å². The Morgan fingerprint density at radius 2 is 1.96 bits per heavy atom. The lowest BCUT2D eigenvalue weighted by atomic mass is 9.98. The number of ether oxygens (including phenoxy) is 2. The number of imide groups is 1. The number of anilines is 1. The highest BCUT2D eigenvalue weighted by molar-refractivity contribution is 6.01. The molecule has 0 bridgehead atoms. The molecule has 1 aromatic rings. The van der Waals surface area contributed by atoms with Crippen LogP contribution in [0.5, 0.6) is 5.75 Å². The van der Waals surface area contributed by atoms with Crippen molar-refractivity contribution in [1.29, 1.82) is 0 Å². The van der Waals surface area contributed by atoms with Crippen LogP contribution in [0.3, 0.4) is 0 Å². The summed E-state index contributed by atoms with van der Waals surface area (Å²) in [7, 11) is 1.56. The maximum atomic E-state index is 12.1. The first-order valence-electron chi connectivity index (χ1n) is 8.65. The van der Waals surface area contributed by atoms with Gasteiger partial charge in [-0.25, -0.2) is 4.79 Å². The topological polar surface area (TPSA) is 97.0 Å². The molecule has 8 nitrogen and oxygen atoms in total. The lowest BCUT2D eigenvalue weighted by molar-refractivity contribution is -0.150. The first-order valence-corrected chi connectivity index (χ1v) is 8.65. The van der Waals surface area contributed by atoms with Crippen molar-refractivity contribution < 1.29 is 23.9 Å². The highest BCUT2D eigenvalue weighted by Gasteiger charge is 2.27. The molecule has 1 heterocycles. The maximum absolute atomic E-state index is 12.1. The molecular weight excluding hydrogens is 338 g/mol. The molecule has 1 aliphatic rings. The molecule has 1 aliphatic heterocycles. The molecule has 1 saturated heterocycles. The fraction of sp³-hybridized carbons (Fsp3) is 0.500. The average Bonchev–Trinajstić information content (AvgIpc) is 2.62. The van der Waals surface area contributed by atoms with Crippen LogP contribution in [0.25, 0.3) is 0 Å². The van der Waals surface area contributed by atoms with E-state index in [1.54, 1.807) is 38.3 Å². The van der Waals surface area contributed by atoms with Crippen LogP contribution >= 0.6 is 0 Å². The van der Waals surface area contributed by atoms with Gasteiger partial charge < -0.3 is 14.8 Å². The monoisotopic (exact) mass is 363 g/mol. The van der Waals surface area contributed by atoms with Crippen LogP contribution in [0.15, 0.2) is 24.3 Å². The van der Waals surface area contributed by atoms with Crippen molar-refractivity contribution in [2.75, 3.05) is 38.7 Å². The number of nitrogens with zero attached hydrogens (tertiary/aromatic N) is 1. The Labute approximate surface area is 152 Å². The second-order valence-corrected chi connectivity index (χ2v) is 6.06. The van der Waals surface area contributed by atoms with E-state index in [2.05, 4.69) is 10.6 Å². The predicted octanol–water partition coefficient (Wildman–Crippen LogP) is 1.62. The van der Waals surface area contributed by atoms with E-state index in [0.29, 0.717) is 31.1 Å². The van der Waals surface area contributed by atoms with E-state index in [1.165, 1.54) is 0 Å². The van der Waals surface area contributed by atoms with Crippen LogP contribution in [-0.4, -0.2) is 56.2 Å². The van der Waals surface area contributed by atoms with Crippen molar-refractivity contribution in [3.63, 3.8) is 0 Å². The molecule has 1 atom stereocenters. The molecule has 0 spiro atoms. The number of carbonyl (C=O) groups is 3. The second-order valence-electron chi connectivity index (χ2n) is 6.06. The molecule has 142 valence electrons. The van der Waals surface area contributed by atoms with E-state index >= 15 is 0 Å². The minimum Gasteiger partial charge on any atom is -0.497 e. The van der Waals surface area contributed by atoms with Crippen molar-refractivity contribution in [3.8, 4) is 5.75 Å². The minimum atomic E-state index is -0.598. The smallest absolute Gasteiger partial charge is 0.325 e. The Balaban J connectivity index is 1.78. The number of esters is 1. The van der Waals surface area contributed by atoms with E-state index in [1.807, 2.05) is 4.90 Å². The molecule has 2 N–H and O–H groups in total. The van der Waals surface area contributed by atoms with Gasteiger partial charge in [-0.1, -0.05) is 0 Å². The molecule has 0 saturated carbocycles. The quantitative estimate of drug-likeness (QED) is 0.746. The SMILES string of the molecule is CCOC(=O)[C@@H]1CCCN(CC(=O)NC(=O)Nc2ccc(OC)cc2)C1. The molecule has 0 aromatic heterocycles. The summed E-state index contributed by atoms with van der Waals surface area (Å²) in [6, 6.07) is 6.18. The fourth-order valence-corrected chi connectivity index (χ4v) is 2.86. The number of methoxy groups -OCH3 is 1. The van der Waals surface area contributed by atoms with Crippen molar-refractivity contribution in [3.05, 3.63) is 24.3 Å². The van der Waals surface area contributed by atoms with Gasteiger partial charge in [0, 0.05) is 12.2 Å². The van der Waals surface area contributed by atoms with Crippen LogP contribution in [-0.2, 0) is 14.3 Å². The highest BCUT2D eigenvalue weighted by atomic mass is 16.5. The van der Waals surface area contributed by atoms with Gasteiger partial charge in [0.05, 0.1) is 26.2 Å². The molecule has 0 aliphatic carbocycles. The van der Waals surface area contributed by atoms with Gasteiger partial charge >= 0.3 is 12.0 Å². The molecule has 0 unspecified atom stereocenters. The third-order valence-corrected chi connectivity index (χ3v) is 4.09. The summed E-state index contributed by atoms with van der Waals surface area (Å²) in [5.74, 6) is -0.187. The van der Waals surface area contributed by atoms with Gasteiger partial charge in [-0.3, -0.25) is 19.8 Å². The summed E-state index contributed by atoms with van der Waals surface area (Å²) in [6.45, 7) is 3.36.